The molecule has 0 atom stereocenters. The average molecular weight is 965 g/mol. The van der Waals surface area contributed by atoms with Crippen LogP contribution in [-0.2, 0) is 0 Å². The lowest BCUT2D eigenvalue weighted by Gasteiger charge is -1.77. The quantitative estimate of drug-likeness (QED) is 0.138. The van der Waals surface area contributed by atoms with Crippen molar-refractivity contribution in [2.24, 2.45) is 0 Å². The molecule has 10 heterocycles. The Morgan fingerprint density at radius 3 is 1.28 bits per heavy atom. The topological polar surface area (TPSA) is 208 Å². The highest BCUT2D eigenvalue weighted by molar-refractivity contribution is 7.06. The van der Waals surface area contributed by atoms with Crippen molar-refractivity contribution < 1.29 is 27.1 Å². The van der Waals surface area contributed by atoms with Crippen molar-refractivity contribution in [3.05, 3.63) is 174 Å². The van der Waals surface area contributed by atoms with Crippen LogP contribution in [0.25, 0.3) is 0 Å². The van der Waals surface area contributed by atoms with Gasteiger partial charge in [-0.3, -0.25) is 0 Å². The van der Waals surface area contributed by atoms with Gasteiger partial charge >= 0.3 is 0 Å². The number of rotatable bonds is 0. The monoisotopic (exact) mass is 964 g/mol. The molecule has 0 aliphatic rings. The van der Waals surface area contributed by atoms with E-state index in [-0.39, 0.29) is 0 Å². The molecule has 0 aliphatic carbocycles. The molecular weight excluding hydrogens is 905 g/mol. The van der Waals surface area contributed by atoms with E-state index in [9.17, 15) is 0 Å². The average Bonchev–Trinajstić information content (AvgIpc) is 4.09. The van der Waals surface area contributed by atoms with E-state index >= 15 is 0 Å². The van der Waals surface area contributed by atoms with E-state index in [2.05, 4.69) is 88.8 Å². The molecule has 10 aromatic heterocycles. The minimum Gasteiger partial charge on any atom is -0.365 e. The molecule has 0 spiro atoms. The number of aryl methyl sites for hydroxylation is 15. The first-order valence-corrected chi connectivity index (χ1v) is 22.9. The van der Waals surface area contributed by atoms with Crippen LogP contribution in [0.2, 0.25) is 0 Å². The Bertz CT molecular complexity index is 2120. The lowest BCUT2D eigenvalue weighted by molar-refractivity contribution is 0.393. The third-order valence-corrected chi connectivity index (χ3v) is 9.94. The van der Waals surface area contributed by atoms with Crippen molar-refractivity contribution in [1.82, 2.24) is 48.4 Å². The summed E-state index contributed by atoms with van der Waals surface area (Å²) in [5, 5.41) is 23.2. The Labute approximate surface area is 397 Å². The maximum absolute atomic E-state index is 4.71. The van der Waals surface area contributed by atoms with E-state index < -0.39 is 0 Å². The molecule has 0 fully saturated rings. The molecule has 10 rings (SSSR count). The van der Waals surface area contributed by atoms with Gasteiger partial charge in [0, 0.05) is 67.8 Å². The minimum atomic E-state index is 0.856. The van der Waals surface area contributed by atoms with Crippen molar-refractivity contribution in [2.45, 2.75) is 104 Å². The van der Waals surface area contributed by atoms with Crippen LogP contribution in [-0.4, -0.2) is 48.4 Å². The second-order valence-electron chi connectivity index (χ2n) is 13.6. The molecule has 350 valence electrons. The van der Waals surface area contributed by atoms with Gasteiger partial charge in [-0.15, -0.1) is 0 Å². The summed E-state index contributed by atoms with van der Waals surface area (Å²) >= 11 is 6.13. The van der Waals surface area contributed by atoms with Gasteiger partial charge in [-0.25, -0.2) is 8.75 Å². The van der Waals surface area contributed by atoms with Crippen molar-refractivity contribution in [3.8, 4) is 0 Å². The van der Waals surface area contributed by atoms with Crippen molar-refractivity contribution in [2.75, 3.05) is 0 Å². The summed E-state index contributed by atoms with van der Waals surface area (Å²) < 4.78 is 43.5. The van der Waals surface area contributed by atoms with Crippen LogP contribution in [0.15, 0.2) is 118 Å². The highest BCUT2D eigenvalue weighted by atomic mass is 32.1. The smallest absolute Gasteiger partial charge is 0.136 e. The van der Waals surface area contributed by atoms with Gasteiger partial charge in [-0.2, -0.15) is 8.75 Å². The van der Waals surface area contributed by atoms with E-state index in [1.165, 1.54) is 43.3 Å². The highest BCUT2D eigenvalue weighted by Gasteiger charge is 1.92. The molecule has 16 nitrogen and oxygen atoms in total. The Morgan fingerprint density at radius 2 is 1.14 bits per heavy atom. The molecular formula is C45H60N10O6S4. The summed E-state index contributed by atoms with van der Waals surface area (Å²) in [6.45, 7) is 29.3. The van der Waals surface area contributed by atoms with E-state index in [4.69, 9.17) is 13.6 Å². The maximum Gasteiger partial charge on any atom is 0.136 e. The fourth-order valence-electron chi connectivity index (χ4n) is 3.53. The lowest BCUT2D eigenvalue weighted by atomic mass is 10.3. The Morgan fingerprint density at radius 1 is 0.446 bits per heavy atom. The predicted octanol–water partition coefficient (Wildman–Crippen LogP) is 13.2. The number of hydrogen-bond acceptors (Lipinski definition) is 20. The molecule has 0 N–H and O–H groups in total. The van der Waals surface area contributed by atoms with Crippen LogP contribution in [0.3, 0.4) is 0 Å². The van der Waals surface area contributed by atoms with Crippen LogP contribution in [0.1, 0.15) is 82.8 Å². The maximum atomic E-state index is 4.71. The molecule has 0 saturated carbocycles. The summed E-state index contributed by atoms with van der Waals surface area (Å²) in [6.07, 6.45) is 11.8. The van der Waals surface area contributed by atoms with Gasteiger partial charge in [-0.05, 0) is 174 Å². The number of nitrogens with zero attached hydrogens (tertiary/aromatic N) is 10. The SMILES string of the molecule is Cc1cc(C)on1.Cc1cc(C)on1.Cc1cc(C)sn1.Cc1ccno1.Cc1ccns1.Cc1ccon1.Cc1ccsn1.Cc1cnoc1.Cc1cnoc1C.Cc1cnsc1C. The first-order chi connectivity index (χ1) is 30.9. The lowest BCUT2D eigenvalue weighted by Crippen LogP contribution is -1.63. The molecule has 0 unspecified atom stereocenters. The molecule has 10 aromatic rings. The van der Waals surface area contributed by atoms with Crippen molar-refractivity contribution in [1.29, 1.82) is 0 Å². The van der Waals surface area contributed by atoms with Crippen LogP contribution < -0.4 is 0 Å². The fraction of sp³-hybridized carbons (Fsp3) is 0.333. The predicted molar refractivity (Wildman–Crippen MR) is 259 cm³/mol. The summed E-state index contributed by atoms with van der Waals surface area (Å²) in [6, 6.07) is 13.4. The van der Waals surface area contributed by atoms with Crippen molar-refractivity contribution in [3.63, 3.8) is 0 Å². The zero-order valence-corrected chi connectivity index (χ0v) is 43.0. The second-order valence-corrected chi connectivity index (χ2v) is 17.3. The number of hydrogen-bond donors (Lipinski definition) is 0. The normalized spacial score (nSPS) is 9.15. The molecule has 0 bridgehead atoms. The molecule has 20 heteroatoms. The van der Waals surface area contributed by atoms with Gasteiger partial charge in [0.15, 0.2) is 0 Å². The number of aromatic nitrogens is 10. The summed E-state index contributed by atoms with van der Waals surface area (Å²) in [5.41, 5.74) is 8.52. The summed E-state index contributed by atoms with van der Waals surface area (Å²) in [7, 11) is 0. The van der Waals surface area contributed by atoms with Crippen LogP contribution in [0.4, 0.5) is 0 Å². The Balaban J connectivity index is 0.000000361. The van der Waals surface area contributed by atoms with Gasteiger partial charge in [0.05, 0.1) is 47.1 Å². The highest BCUT2D eigenvalue weighted by Crippen LogP contribution is 2.08. The molecule has 0 amide bonds. The Kier molecular flexibility index (Phi) is 29.9. The molecule has 0 radical (unpaired) electrons. The zero-order chi connectivity index (χ0) is 48.4. The minimum absolute atomic E-state index is 0.856. The standard InChI is InChI=1S/3C5H7NO.2C5H7NS.3C4H5NO.2C4H5NS/c1-4-3-6-7-5(4)2;2*1-4-3-5(2)7-6-4;1-4-3-6-7-5(4)2;1-4-3-5(2)7-6-4;1-4-2-5-6-3-4;1-4-2-3-6-5-4;1-4-2-3-5-6-4;1-4-2-3-6-5-4;1-4-2-3-5-6-4/h5*3H,1-2H3;5*2-3H,1H3. The second kappa shape index (κ2) is 34.2. The first-order valence-electron chi connectivity index (χ1n) is 19.7. The van der Waals surface area contributed by atoms with Crippen LogP contribution in [0, 0.1) is 104 Å². The molecule has 0 aromatic carbocycles. The largest absolute Gasteiger partial charge is 0.365 e. The van der Waals surface area contributed by atoms with Gasteiger partial charge < -0.3 is 27.1 Å². The van der Waals surface area contributed by atoms with Crippen molar-refractivity contribution >= 4 is 46.1 Å². The first kappa shape index (κ1) is 56.8. The van der Waals surface area contributed by atoms with E-state index in [1.54, 1.807) is 72.5 Å². The van der Waals surface area contributed by atoms with Gasteiger partial charge in [0.25, 0.3) is 0 Å². The summed E-state index contributed by atoms with van der Waals surface area (Å²) in [4.78, 5) is 3.88. The molecule has 0 aliphatic heterocycles. The molecule has 65 heavy (non-hydrogen) atoms. The van der Waals surface area contributed by atoms with Crippen LogP contribution >= 0.6 is 46.1 Å². The van der Waals surface area contributed by atoms with Gasteiger partial charge in [-0.1, -0.05) is 30.9 Å². The zero-order valence-electron chi connectivity index (χ0n) is 39.7. The Hall–Kier alpha value is -6.22. The van der Waals surface area contributed by atoms with E-state index in [0.717, 1.165) is 62.6 Å². The molecule has 0 saturated heterocycles. The van der Waals surface area contributed by atoms with Gasteiger partial charge in [0.2, 0.25) is 0 Å². The van der Waals surface area contributed by atoms with E-state index in [1.807, 2.05) is 119 Å². The third-order valence-electron chi connectivity index (χ3n) is 7.04. The summed E-state index contributed by atoms with van der Waals surface area (Å²) in [5.74, 6) is 3.50. The fourth-order valence-corrected chi connectivity index (χ4v) is 5.61. The third kappa shape index (κ3) is 31.3. The van der Waals surface area contributed by atoms with Gasteiger partial charge in [0.1, 0.15) is 35.6 Å². The van der Waals surface area contributed by atoms with Crippen LogP contribution in [0.5, 0.6) is 0 Å². The van der Waals surface area contributed by atoms with E-state index in [0.29, 0.717) is 0 Å².